The maximum Gasteiger partial charge on any atom is 0.242 e. The topological polar surface area (TPSA) is 38.8 Å². The molecule has 108 valence electrons. The Morgan fingerprint density at radius 3 is 2.55 bits per heavy atom. The zero-order chi connectivity index (χ0) is 13.9. The lowest BCUT2D eigenvalue weighted by Gasteiger charge is -2.38. The molecular formula is C15H22N4O. The molecule has 0 saturated carbocycles. The lowest BCUT2D eigenvalue weighted by molar-refractivity contribution is -0.130. The number of piperazine rings is 1. The Labute approximate surface area is 120 Å². The number of anilines is 2. The quantitative estimate of drug-likeness (QED) is 0.846. The van der Waals surface area contributed by atoms with Gasteiger partial charge in [-0.05, 0) is 12.1 Å². The van der Waals surface area contributed by atoms with Crippen molar-refractivity contribution in [1.29, 1.82) is 0 Å². The highest BCUT2D eigenvalue weighted by atomic mass is 16.2. The maximum absolute atomic E-state index is 12.4. The normalized spacial score (nSPS) is 18.9. The molecule has 0 unspecified atom stereocenters. The number of rotatable bonds is 2. The van der Waals surface area contributed by atoms with E-state index in [0.29, 0.717) is 6.54 Å². The van der Waals surface area contributed by atoms with Crippen LogP contribution in [-0.4, -0.2) is 63.7 Å². The first-order valence-corrected chi connectivity index (χ1v) is 7.29. The van der Waals surface area contributed by atoms with Crippen LogP contribution in [0.15, 0.2) is 24.3 Å². The summed E-state index contributed by atoms with van der Waals surface area (Å²) in [6.45, 7) is 5.83. The molecule has 0 aliphatic carbocycles. The van der Waals surface area contributed by atoms with Crippen LogP contribution < -0.4 is 15.1 Å². The van der Waals surface area contributed by atoms with Gasteiger partial charge >= 0.3 is 0 Å². The molecule has 1 N–H and O–H groups in total. The summed E-state index contributed by atoms with van der Waals surface area (Å²) in [4.78, 5) is 18.8. The first-order valence-electron chi connectivity index (χ1n) is 7.29. The lowest BCUT2D eigenvalue weighted by Crippen LogP contribution is -2.51. The lowest BCUT2D eigenvalue weighted by atomic mass is 10.1. The van der Waals surface area contributed by atoms with Crippen molar-refractivity contribution >= 4 is 17.3 Å². The third-order valence-corrected chi connectivity index (χ3v) is 4.13. The van der Waals surface area contributed by atoms with Gasteiger partial charge in [0.15, 0.2) is 0 Å². The molecule has 0 aromatic heterocycles. The van der Waals surface area contributed by atoms with Gasteiger partial charge in [-0.15, -0.1) is 0 Å². The van der Waals surface area contributed by atoms with Crippen molar-refractivity contribution in [3.63, 3.8) is 0 Å². The Morgan fingerprint density at radius 1 is 1.10 bits per heavy atom. The highest BCUT2D eigenvalue weighted by Crippen LogP contribution is 2.31. The fourth-order valence-electron chi connectivity index (χ4n) is 2.91. The zero-order valence-corrected chi connectivity index (χ0v) is 12.0. The Hall–Kier alpha value is -1.75. The van der Waals surface area contributed by atoms with Crippen molar-refractivity contribution in [2.24, 2.45) is 0 Å². The monoisotopic (exact) mass is 274 g/mol. The summed E-state index contributed by atoms with van der Waals surface area (Å²) in [6.07, 6.45) is 0. The summed E-state index contributed by atoms with van der Waals surface area (Å²) in [5.74, 6) is 0.242. The molecule has 5 nitrogen and oxygen atoms in total. The molecule has 0 spiro atoms. The number of likely N-dealkylation sites (N-methyl/N-ethyl adjacent to an activating group) is 1. The van der Waals surface area contributed by atoms with Crippen molar-refractivity contribution in [3.8, 4) is 0 Å². The van der Waals surface area contributed by atoms with E-state index in [1.54, 1.807) is 0 Å². The fraction of sp³-hybridized carbons (Fsp3) is 0.533. The van der Waals surface area contributed by atoms with Crippen LogP contribution in [0.4, 0.5) is 11.4 Å². The maximum atomic E-state index is 12.4. The summed E-state index contributed by atoms with van der Waals surface area (Å²) < 4.78 is 0. The molecule has 1 amide bonds. The van der Waals surface area contributed by atoms with Crippen LogP contribution in [0.2, 0.25) is 0 Å². The van der Waals surface area contributed by atoms with Gasteiger partial charge in [0.25, 0.3) is 0 Å². The number of carbonyl (C=O) groups excluding carboxylic acids is 1. The number of amides is 1. The molecule has 20 heavy (non-hydrogen) atoms. The van der Waals surface area contributed by atoms with Gasteiger partial charge in [-0.3, -0.25) is 4.79 Å². The third kappa shape index (κ3) is 2.58. The number of nitrogens with one attached hydrogen (secondary N) is 1. The van der Waals surface area contributed by atoms with Crippen LogP contribution in [0.25, 0.3) is 0 Å². The zero-order valence-electron chi connectivity index (χ0n) is 12.0. The molecule has 2 aliphatic rings. The van der Waals surface area contributed by atoms with Crippen LogP contribution in [0.1, 0.15) is 0 Å². The third-order valence-electron chi connectivity index (χ3n) is 4.13. The van der Waals surface area contributed by atoms with E-state index in [1.807, 2.05) is 11.0 Å². The fourth-order valence-corrected chi connectivity index (χ4v) is 2.91. The van der Waals surface area contributed by atoms with E-state index in [-0.39, 0.29) is 5.91 Å². The first kappa shape index (κ1) is 13.2. The molecule has 1 aromatic rings. The predicted molar refractivity (Wildman–Crippen MR) is 81.4 cm³/mol. The molecule has 0 atom stereocenters. The van der Waals surface area contributed by atoms with E-state index in [4.69, 9.17) is 0 Å². The molecule has 0 radical (unpaired) electrons. The number of para-hydroxylation sites is 2. The van der Waals surface area contributed by atoms with Crippen molar-refractivity contribution in [3.05, 3.63) is 24.3 Å². The van der Waals surface area contributed by atoms with Crippen LogP contribution in [0, 0.1) is 0 Å². The highest BCUT2D eigenvalue weighted by molar-refractivity contribution is 5.84. The van der Waals surface area contributed by atoms with Gasteiger partial charge in [0, 0.05) is 46.3 Å². The van der Waals surface area contributed by atoms with Gasteiger partial charge in [0.2, 0.25) is 5.91 Å². The molecule has 2 heterocycles. The smallest absolute Gasteiger partial charge is 0.242 e. The molecule has 2 aliphatic heterocycles. The molecule has 0 bridgehead atoms. The average molecular weight is 274 g/mol. The minimum atomic E-state index is 0.242. The second kappa shape index (κ2) is 5.71. The second-order valence-corrected chi connectivity index (χ2v) is 5.46. The van der Waals surface area contributed by atoms with Gasteiger partial charge in [-0.25, -0.2) is 0 Å². The summed E-state index contributed by atoms with van der Waals surface area (Å²) in [7, 11) is 2.11. The summed E-state index contributed by atoms with van der Waals surface area (Å²) in [6, 6.07) is 8.32. The number of benzene rings is 1. The highest BCUT2D eigenvalue weighted by Gasteiger charge is 2.24. The van der Waals surface area contributed by atoms with E-state index < -0.39 is 0 Å². The van der Waals surface area contributed by atoms with E-state index in [1.165, 1.54) is 11.4 Å². The SMILES string of the molecule is CN1CCN(CC(=O)N2CCNCC2)c2ccccc21. The number of fused-ring (bicyclic) bond motifs is 1. The largest absolute Gasteiger partial charge is 0.371 e. The number of hydrogen-bond acceptors (Lipinski definition) is 4. The Balaban J connectivity index is 1.72. The molecule has 1 saturated heterocycles. The standard InChI is InChI=1S/C15H22N4O/c1-17-10-11-19(14-5-3-2-4-13(14)17)12-15(20)18-8-6-16-7-9-18/h2-5,16H,6-12H2,1H3. The molecule has 1 aromatic carbocycles. The van der Waals surface area contributed by atoms with E-state index in [9.17, 15) is 4.79 Å². The van der Waals surface area contributed by atoms with Gasteiger partial charge in [-0.1, -0.05) is 12.1 Å². The number of carbonyl (C=O) groups is 1. The van der Waals surface area contributed by atoms with E-state index in [2.05, 4.69) is 40.4 Å². The molecule has 3 rings (SSSR count). The van der Waals surface area contributed by atoms with Gasteiger partial charge < -0.3 is 20.0 Å². The van der Waals surface area contributed by atoms with Crippen molar-refractivity contribution in [1.82, 2.24) is 10.2 Å². The number of nitrogens with zero attached hydrogens (tertiary/aromatic N) is 3. The summed E-state index contributed by atoms with van der Waals surface area (Å²) in [5.41, 5.74) is 2.39. The average Bonchev–Trinajstić information content (AvgIpc) is 2.51. The van der Waals surface area contributed by atoms with Crippen LogP contribution in [0.3, 0.4) is 0 Å². The molecule has 5 heteroatoms. The van der Waals surface area contributed by atoms with Crippen molar-refractivity contribution < 1.29 is 4.79 Å². The Bertz CT molecular complexity index is 485. The van der Waals surface area contributed by atoms with Crippen LogP contribution in [-0.2, 0) is 4.79 Å². The van der Waals surface area contributed by atoms with Gasteiger partial charge in [0.05, 0.1) is 17.9 Å². The Kier molecular flexibility index (Phi) is 3.78. The van der Waals surface area contributed by atoms with Gasteiger partial charge in [0.1, 0.15) is 0 Å². The van der Waals surface area contributed by atoms with Crippen molar-refractivity contribution in [2.45, 2.75) is 0 Å². The minimum Gasteiger partial charge on any atom is -0.371 e. The van der Waals surface area contributed by atoms with Crippen molar-refractivity contribution in [2.75, 3.05) is 62.7 Å². The summed E-state index contributed by atoms with van der Waals surface area (Å²) in [5, 5.41) is 3.28. The Morgan fingerprint density at radius 2 is 1.80 bits per heavy atom. The van der Waals surface area contributed by atoms with Crippen LogP contribution in [0.5, 0.6) is 0 Å². The van der Waals surface area contributed by atoms with E-state index >= 15 is 0 Å². The first-order chi connectivity index (χ1) is 9.75. The van der Waals surface area contributed by atoms with Gasteiger partial charge in [-0.2, -0.15) is 0 Å². The molecule has 1 fully saturated rings. The van der Waals surface area contributed by atoms with E-state index in [0.717, 1.165) is 39.3 Å². The summed E-state index contributed by atoms with van der Waals surface area (Å²) >= 11 is 0. The predicted octanol–water partition coefficient (Wildman–Crippen LogP) is 0.375. The minimum absolute atomic E-state index is 0.242. The van der Waals surface area contributed by atoms with Crippen LogP contribution >= 0.6 is 0 Å². The number of hydrogen-bond donors (Lipinski definition) is 1. The second-order valence-electron chi connectivity index (χ2n) is 5.46. The molecular weight excluding hydrogens is 252 g/mol.